The van der Waals surface area contributed by atoms with Gasteiger partial charge in [-0.3, -0.25) is 4.79 Å². The number of methoxy groups -OCH3 is 1. The number of hydrogen-bond acceptors (Lipinski definition) is 4. The molecule has 1 amide bonds. The first-order valence-electron chi connectivity index (χ1n) is 8.32. The number of carbonyl (C=O) groups excluding carboxylic acids is 1. The zero-order chi connectivity index (χ0) is 19.7. The van der Waals surface area contributed by atoms with Crippen molar-refractivity contribution in [2.24, 2.45) is 0 Å². The van der Waals surface area contributed by atoms with Crippen molar-refractivity contribution in [3.63, 3.8) is 0 Å². The molecule has 0 radical (unpaired) electrons. The van der Waals surface area contributed by atoms with Crippen molar-refractivity contribution in [3.05, 3.63) is 75.7 Å². The summed E-state index contributed by atoms with van der Waals surface area (Å²) < 4.78 is 6.04. The molecule has 8 heteroatoms. The number of anilines is 1. The molecule has 1 aromatic heterocycles. The number of benzene rings is 3. The maximum Gasteiger partial charge on any atom is 0.259 e. The Labute approximate surface area is 174 Å². The molecule has 1 N–H and O–H groups in total. The summed E-state index contributed by atoms with van der Waals surface area (Å²) in [6.45, 7) is 0. The van der Waals surface area contributed by atoms with Crippen LogP contribution in [-0.2, 0) is 0 Å². The predicted molar refractivity (Wildman–Crippen MR) is 113 cm³/mol. The molecule has 4 aromatic rings. The normalized spacial score (nSPS) is 10.8. The first-order chi connectivity index (χ1) is 13.5. The minimum atomic E-state index is -0.338. The van der Waals surface area contributed by atoms with E-state index in [0.29, 0.717) is 33.1 Å². The lowest BCUT2D eigenvalue weighted by Crippen LogP contribution is -2.13. The minimum absolute atomic E-state index is 0.338. The lowest BCUT2D eigenvalue weighted by atomic mass is 10.1. The van der Waals surface area contributed by atoms with E-state index in [1.807, 2.05) is 30.3 Å². The van der Waals surface area contributed by atoms with E-state index in [4.69, 9.17) is 16.3 Å². The van der Waals surface area contributed by atoms with Gasteiger partial charge in [0.15, 0.2) is 0 Å². The first kappa shape index (κ1) is 18.5. The monoisotopic (exact) mass is 456 g/mol. The van der Waals surface area contributed by atoms with Crippen molar-refractivity contribution >= 4 is 50.2 Å². The zero-order valence-electron chi connectivity index (χ0n) is 14.7. The number of hydrogen-bond donors (Lipinski definition) is 1. The average Bonchev–Trinajstić information content (AvgIpc) is 3.11. The Morgan fingerprint density at radius 3 is 2.50 bits per heavy atom. The lowest BCUT2D eigenvalue weighted by Gasteiger charge is -2.10. The summed E-state index contributed by atoms with van der Waals surface area (Å²) in [7, 11) is 1.51. The Balaban J connectivity index is 1.68. The van der Waals surface area contributed by atoms with Gasteiger partial charge in [0.2, 0.25) is 0 Å². The third kappa shape index (κ3) is 3.58. The quantitative estimate of drug-likeness (QED) is 0.463. The van der Waals surface area contributed by atoms with Gasteiger partial charge in [-0.1, -0.05) is 45.7 Å². The van der Waals surface area contributed by atoms with E-state index in [1.165, 1.54) is 11.9 Å². The molecule has 0 aliphatic carbocycles. The molecule has 0 spiro atoms. The maximum absolute atomic E-state index is 12.7. The summed E-state index contributed by atoms with van der Waals surface area (Å²) in [5.74, 6) is 0.128. The number of para-hydroxylation sites is 1. The van der Waals surface area contributed by atoms with Crippen LogP contribution >= 0.6 is 27.5 Å². The molecule has 140 valence electrons. The van der Waals surface area contributed by atoms with Crippen molar-refractivity contribution in [3.8, 4) is 11.4 Å². The van der Waals surface area contributed by atoms with Gasteiger partial charge in [0, 0.05) is 4.47 Å². The van der Waals surface area contributed by atoms with Gasteiger partial charge in [-0.2, -0.15) is 4.80 Å². The van der Waals surface area contributed by atoms with Gasteiger partial charge in [-0.05, 0) is 42.5 Å². The van der Waals surface area contributed by atoms with Gasteiger partial charge in [-0.15, -0.1) is 10.2 Å². The molecule has 0 fully saturated rings. The number of nitrogens with zero attached hydrogens (tertiary/aromatic N) is 3. The number of halogens is 2. The molecule has 0 saturated carbocycles. The molecule has 28 heavy (non-hydrogen) atoms. The van der Waals surface area contributed by atoms with Crippen molar-refractivity contribution in [2.45, 2.75) is 0 Å². The fraction of sp³-hybridized carbons (Fsp3) is 0.0500. The summed E-state index contributed by atoms with van der Waals surface area (Å²) >= 11 is 9.73. The van der Waals surface area contributed by atoms with Crippen LogP contribution < -0.4 is 10.1 Å². The highest BCUT2D eigenvalue weighted by Crippen LogP contribution is 2.29. The van der Waals surface area contributed by atoms with Gasteiger partial charge in [0.05, 0.1) is 29.1 Å². The van der Waals surface area contributed by atoms with E-state index < -0.39 is 0 Å². The zero-order valence-corrected chi connectivity index (χ0v) is 17.0. The molecule has 0 aliphatic rings. The number of amides is 1. The van der Waals surface area contributed by atoms with Crippen LogP contribution in [0, 0.1) is 0 Å². The molecule has 0 unspecified atom stereocenters. The fourth-order valence-electron chi connectivity index (χ4n) is 2.76. The van der Waals surface area contributed by atoms with E-state index in [2.05, 4.69) is 31.4 Å². The molecular weight excluding hydrogens is 444 g/mol. The molecule has 3 aromatic carbocycles. The second-order valence-corrected chi connectivity index (χ2v) is 7.27. The summed E-state index contributed by atoms with van der Waals surface area (Å²) in [6.07, 6.45) is 0. The Kier molecular flexibility index (Phi) is 5.02. The number of aromatic nitrogens is 3. The van der Waals surface area contributed by atoms with Gasteiger partial charge in [0.25, 0.3) is 5.91 Å². The van der Waals surface area contributed by atoms with Crippen LogP contribution in [0.25, 0.3) is 16.7 Å². The van der Waals surface area contributed by atoms with E-state index >= 15 is 0 Å². The molecule has 0 bridgehead atoms. The van der Waals surface area contributed by atoms with Crippen molar-refractivity contribution in [1.29, 1.82) is 0 Å². The van der Waals surface area contributed by atoms with E-state index in [-0.39, 0.29) is 5.91 Å². The highest BCUT2D eigenvalue weighted by atomic mass is 79.9. The SMILES string of the molecule is COc1ccc(Br)cc1C(=O)Nc1cc2nn(-c3ccccc3)nc2cc1Cl. The van der Waals surface area contributed by atoms with Crippen LogP contribution in [0.4, 0.5) is 5.69 Å². The van der Waals surface area contributed by atoms with Crippen LogP contribution in [0.3, 0.4) is 0 Å². The lowest BCUT2D eigenvalue weighted by molar-refractivity contribution is 0.102. The molecule has 4 rings (SSSR count). The van der Waals surface area contributed by atoms with E-state index in [9.17, 15) is 4.79 Å². The van der Waals surface area contributed by atoms with E-state index in [0.717, 1.165) is 10.2 Å². The molecule has 6 nitrogen and oxygen atoms in total. The molecular formula is C20H14BrClN4O2. The van der Waals surface area contributed by atoms with Crippen LogP contribution in [0.15, 0.2) is 65.1 Å². The molecule has 0 aliphatic heterocycles. The minimum Gasteiger partial charge on any atom is -0.496 e. The fourth-order valence-corrected chi connectivity index (χ4v) is 3.32. The summed E-state index contributed by atoms with van der Waals surface area (Å²) in [4.78, 5) is 14.3. The van der Waals surface area contributed by atoms with Crippen LogP contribution in [0.2, 0.25) is 5.02 Å². The van der Waals surface area contributed by atoms with Gasteiger partial charge < -0.3 is 10.1 Å². The van der Waals surface area contributed by atoms with Gasteiger partial charge in [-0.25, -0.2) is 0 Å². The first-order valence-corrected chi connectivity index (χ1v) is 9.49. The number of ether oxygens (including phenoxy) is 1. The third-order valence-electron chi connectivity index (χ3n) is 4.11. The van der Waals surface area contributed by atoms with Gasteiger partial charge in [0.1, 0.15) is 16.8 Å². The smallest absolute Gasteiger partial charge is 0.259 e. The highest BCUT2D eigenvalue weighted by molar-refractivity contribution is 9.10. The topological polar surface area (TPSA) is 69.0 Å². The third-order valence-corrected chi connectivity index (χ3v) is 4.92. The van der Waals surface area contributed by atoms with Crippen molar-refractivity contribution in [2.75, 3.05) is 12.4 Å². The van der Waals surface area contributed by atoms with Crippen LogP contribution in [-0.4, -0.2) is 28.0 Å². The Bertz CT molecular complexity index is 1180. The second kappa shape index (κ2) is 7.61. The predicted octanol–water partition coefficient (Wildman–Crippen LogP) is 5.10. The maximum atomic E-state index is 12.7. The van der Waals surface area contributed by atoms with Crippen LogP contribution in [0.1, 0.15) is 10.4 Å². The largest absolute Gasteiger partial charge is 0.496 e. The summed E-state index contributed by atoms with van der Waals surface area (Å²) in [5.41, 5.74) is 2.92. The van der Waals surface area contributed by atoms with Crippen LogP contribution in [0.5, 0.6) is 5.75 Å². The standard InChI is InChI=1S/C20H14BrClN4O2/c1-28-19-8-7-12(21)9-14(19)20(27)23-16-11-18-17(10-15(16)22)24-26(25-18)13-5-3-2-4-6-13/h2-11H,1H3,(H,23,27). The highest BCUT2D eigenvalue weighted by Gasteiger charge is 2.16. The van der Waals surface area contributed by atoms with E-state index in [1.54, 1.807) is 30.3 Å². The molecule has 0 saturated heterocycles. The Hall–Kier alpha value is -2.90. The summed E-state index contributed by atoms with van der Waals surface area (Å²) in [5, 5.41) is 12.1. The Morgan fingerprint density at radius 2 is 1.79 bits per heavy atom. The molecule has 1 heterocycles. The number of rotatable bonds is 4. The Morgan fingerprint density at radius 1 is 1.07 bits per heavy atom. The number of fused-ring (bicyclic) bond motifs is 1. The molecule has 0 atom stereocenters. The van der Waals surface area contributed by atoms with Gasteiger partial charge >= 0.3 is 0 Å². The number of nitrogens with one attached hydrogen (secondary N) is 1. The number of carbonyl (C=O) groups is 1. The average molecular weight is 458 g/mol. The summed E-state index contributed by atoms with van der Waals surface area (Å²) in [6, 6.07) is 18.1. The van der Waals surface area contributed by atoms with Crippen molar-refractivity contribution < 1.29 is 9.53 Å². The van der Waals surface area contributed by atoms with Crippen molar-refractivity contribution in [1.82, 2.24) is 15.0 Å². The second-order valence-electron chi connectivity index (χ2n) is 5.94.